The largest absolute Gasteiger partial charge is 0.270 e. The molecule has 0 unspecified atom stereocenters. The molecule has 0 saturated carbocycles. The molecule has 0 N–H and O–H groups in total. The fourth-order valence-electron chi connectivity index (χ4n) is 1.86. The summed E-state index contributed by atoms with van der Waals surface area (Å²) < 4.78 is 5.47. The highest BCUT2D eigenvalue weighted by atomic mass is 32.1. The van der Waals surface area contributed by atoms with E-state index in [0.29, 0.717) is 0 Å². The van der Waals surface area contributed by atoms with E-state index < -0.39 is 4.92 Å². The monoisotopic (exact) mass is 256 g/mol. The van der Waals surface area contributed by atoms with Crippen molar-refractivity contribution < 1.29 is 4.92 Å². The van der Waals surface area contributed by atoms with Gasteiger partial charge in [0.15, 0.2) is 0 Å². The van der Waals surface area contributed by atoms with Gasteiger partial charge in [0.1, 0.15) is 0 Å². The Morgan fingerprint density at radius 1 is 1.11 bits per heavy atom. The van der Waals surface area contributed by atoms with E-state index in [-0.39, 0.29) is 5.69 Å². The Labute approximate surface area is 107 Å². The minimum absolute atomic E-state index is 0.0876. The van der Waals surface area contributed by atoms with Crippen LogP contribution in [0.3, 0.4) is 0 Å². The van der Waals surface area contributed by atoms with Crippen LogP contribution in [-0.4, -0.2) is 9.30 Å². The van der Waals surface area contributed by atoms with Crippen LogP contribution in [-0.2, 0) is 0 Å². The van der Waals surface area contributed by atoms with E-state index >= 15 is 0 Å². The molecule has 0 atom stereocenters. The molecule has 1 heterocycles. The summed E-state index contributed by atoms with van der Waals surface area (Å²) in [5, 5.41) is 11.8. The zero-order chi connectivity index (χ0) is 12.5. The van der Waals surface area contributed by atoms with E-state index in [1.165, 1.54) is 17.6 Å². The van der Waals surface area contributed by atoms with Crippen molar-refractivity contribution in [3.8, 4) is 11.3 Å². The van der Waals surface area contributed by atoms with Gasteiger partial charge in [0.25, 0.3) is 5.69 Å². The average Bonchev–Trinajstić information content (AvgIpc) is 2.82. The average molecular weight is 256 g/mol. The van der Waals surface area contributed by atoms with Crippen LogP contribution in [0.25, 0.3) is 21.3 Å². The molecule has 3 rings (SSSR count). The first-order chi connectivity index (χ1) is 8.75. The van der Waals surface area contributed by atoms with Gasteiger partial charge in [0.2, 0.25) is 0 Å². The highest BCUT2D eigenvalue weighted by Crippen LogP contribution is 2.31. The molecule has 4 nitrogen and oxygen atoms in total. The molecule has 0 amide bonds. The van der Waals surface area contributed by atoms with Gasteiger partial charge in [-0.15, -0.1) is 0 Å². The lowest BCUT2D eigenvalue weighted by Gasteiger charge is -1.98. The molecule has 0 fully saturated rings. The molecule has 0 radical (unpaired) electrons. The van der Waals surface area contributed by atoms with E-state index in [0.717, 1.165) is 21.3 Å². The van der Waals surface area contributed by atoms with Crippen LogP contribution in [0.2, 0.25) is 0 Å². The highest BCUT2D eigenvalue weighted by molar-refractivity contribution is 7.13. The quantitative estimate of drug-likeness (QED) is 0.516. The number of non-ortho nitro benzene ring substituents is 1. The van der Waals surface area contributed by atoms with Crippen molar-refractivity contribution in [1.29, 1.82) is 0 Å². The van der Waals surface area contributed by atoms with Gasteiger partial charge in [-0.05, 0) is 17.6 Å². The summed E-state index contributed by atoms with van der Waals surface area (Å²) in [6.45, 7) is 0. The minimum atomic E-state index is -0.391. The van der Waals surface area contributed by atoms with Crippen molar-refractivity contribution in [2.24, 2.45) is 0 Å². The highest BCUT2D eigenvalue weighted by Gasteiger charge is 2.11. The van der Waals surface area contributed by atoms with Crippen molar-refractivity contribution in [3.05, 3.63) is 58.6 Å². The Balaban J connectivity index is 2.20. The van der Waals surface area contributed by atoms with Gasteiger partial charge < -0.3 is 0 Å². The van der Waals surface area contributed by atoms with Crippen molar-refractivity contribution in [3.63, 3.8) is 0 Å². The number of benzene rings is 2. The fraction of sp³-hybridized carbons (Fsp3) is 0. The number of aromatic nitrogens is 1. The Hall–Kier alpha value is -2.27. The molecule has 3 aromatic rings. The first-order valence-electron chi connectivity index (χ1n) is 5.35. The molecule has 2 aromatic carbocycles. The second-order valence-corrected chi connectivity index (χ2v) is 4.64. The number of hydrogen-bond acceptors (Lipinski definition) is 4. The van der Waals surface area contributed by atoms with Crippen molar-refractivity contribution in [2.75, 3.05) is 0 Å². The molecule has 0 bridgehead atoms. The maximum Gasteiger partial charge on any atom is 0.270 e. The number of hydrogen-bond donors (Lipinski definition) is 0. The zero-order valence-corrected chi connectivity index (χ0v) is 10.1. The van der Waals surface area contributed by atoms with Crippen molar-refractivity contribution in [1.82, 2.24) is 4.37 Å². The number of fused-ring (bicyclic) bond motifs is 1. The molecule has 5 heteroatoms. The van der Waals surface area contributed by atoms with Gasteiger partial charge in [-0.2, -0.15) is 4.37 Å². The van der Waals surface area contributed by atoms with Crippen LogP contribution in [0.1, 0.15) is 0 Å². The first-order valence-corrected chi connectivity index (χ1v) is 6.12. The summed E-state index contributed by atoms with van der Waals surface area (Å²) in [6, 6.07) is 14.4. The van der Waals surface area contributed by atoms with Gasteiger partial charge >= 0.3 is 0 Å². The van der Waals surface area contributed by atoms with Crippen LogP contribution in [0.15, 0.2) is 48.5 Å². The molecular weight excluding hydrogens is 248 g/mol. The Kier molecular flexibility index (Phi) is 2.53. The summed E-state index contributed by atoms with van der Waals surface area (Å²) in [5.74, 6) is 0. The lowest BCUT2D eigenvalue weighted by atomic mass is 10.1. The van der Waals surface area contributed by atoms with Crippen LogP contribution in [0.4, 0.5) is 5.69 Å². The van der Waals surface area contributed by atoms with E-state index in [4.69, 9.17) is 0 Å². The molecule has 0 saturated heterocycles. The third-order valence-corrected chi connectivity index (χ3v) is 3.53. The molecular formula is C13H8N2O2S. The maximum absolute atomic E-state index is 10.8. The van der Waals surface area contributed by atoms with Gasteiger partial charge in [0.05, 0.1) is 15.3 Å². The normalized spacial score (nSPS) is 10.7. The summed E-state index contributed by atoms with van der Waals surface area (Å²) >= 11 is 1.40. The van der Waals surface area contributed by atoms with Crippen LogP contribution in [0.5, 0.6) is 0 Å². The number of rotatable bonds is 2. The third-order valence-electron chi connectivity index (χ3n) is 2.71. The summed E-state index contributed by atoms with van der Waals surface area (Å²) in [5.41, 5.74) is 1.67. The first kappa shape index (κ1) is 10.9. The topological polar surface area (TPSA) is 56.0 Å². The second kappa shape index (κ2) is 4.19. The predicted octanol–water partition coefficient (Wildman–Crippen LogP) is 3.87. The lowest BCUT2D eigenvalue weighted by Crippen LogP contribution is -1.88. The van der Waals surface area contributed by atoms with Crippen molar-refractivity contribution >= 4 is 27.3 Å². The molecule has 0 spiro atoms. The third kappa shape index (κ3) is 1.74. The van der Waals surface area contributed by atoms with E-state index in [1.807, 2.05) is 30.3 Å². The summed E-state index contributed by atoms with van der Waals surface area (Å²) in [7, 11) is 0. The molecule has 18 heavy (non-hydrogen) atoms. The van der Waals surface area contributed by atoms with Crippen LogP contribution < -0.4 is 0 Å². The minimum Gasteiger partial charge on any atom is -0.258 e. The number of nitro groups is 1. The maximum atomic E-state index is 10.8. The Morgan fingerprint density at radius 3 is 2.78 bits per heavy atom. The van der Waals surface area contributed by atoms with Gasteiger partial charge in [-0.25, -0.2) is 0 Å². The molecule has 1 aromatic heterocycles. The predicted molar refractivity (Wildman–Crippen MR) is 71.7 cm³/mol. The molecule has 0 aliphatic heterocycles. The molecule has 0 aliphatic rings. The number of nitro benzene ring substituents is 1. The lowest BCUT2D eigenvalue weighted by molar-refractivity contribution is -0.384. The van der Waals surface area contributed by atoms with Crippen LogP contribution in [0, 0.1) is 10.1 Å². The summed E-state index contributed by atoms with van der Waals surface area (Å²) in [6.07, 6.45) is 0. The zero-order valence-electron chi connectivity index (χ0n) is 9.24. The standard InChI is InChI=1S/C13H8N2O2S/c16-15(17)10-5-3-4-9(8-10)13-11-6-1-2-7-12(11)18-14-13/h1-8H. The smallest absolute Gasteiger partial charge is 0.258 e. The van der Waals surface area contributed by atoms with Gasteiger partial charge in [-0.3, -0.25) is 10.1 Å². The summed E-state index contributed by atoms with van der Waals surface area (Å²) in [4.78, 5) is 10.4. The van der Waals surface area contributed by atoms with Gasteiger partial charge in [0, 0.05) is 23.1 Å². The molecule has 88 valence electrons. The van der Waals surface area contributed by atoms with E-state index in [2.05, 4.69) is 4.37 Å². The molecule has 0 aliphatic carbocycles. The van der Waals surface area contributed by atoms with E-state index in [1.54, 1.807) is 12.1 Å². The van der Waals surface area contributed by atoms with E-state index in [9.17, 15) is 10.1 Å². The SMILES string of the molecule is O=[N+]([O-])c1cccc(-c2nsc3ccccc23)c1. The Morgan fingerprint density at radius 2 is 1.94 bits per heavy atom. The van der Waals surface area contributed by atoms with Crippen LogP contribution >= 0.6 is 11.5 Å². The number of nitrogens with zero attached hydrogens (tertiary/aromatic N) is 2. The second-order valence-electron chi connectivity index (χ2n) is 3.83. The fourth-order valence-corrected chi connectivity index (χ4v) is 2.66. The Bertz CT molecular complexity index is 736. The van der Waals surface area contributed by atoms with Crippen molar-refractivity contribution in [2.45, 2.75) is 0 Å². The van der Waals surface area contributed by atoms with Gasteiger partial charge in [-0.1, -0.05) is 30.3 Å².